The van der Waals surface area contributed by atoms with Crippen molar-refractivity contribution >= 4 is 27.3 Å². The first kappa shape index (κ1) is 19.4. The van der Waals surface area contributed by atoms with Crippen LogP contribution < -0.4 is 5.32 Å². The lowest BCUT2D eigenvalue weighted by atomic mass is 9.66. The van der Waals surface area contributed by atoms with Crippen molar-refractivity contribution in [3.63, 3.8) is 0 Å². The molecule has 2 N–H and O–H groups in total. The maximum Gasteiger partial charge on any atom is 0.241 e. The molecule has 1 saturated carbocycles. The zero-order chi connectivity index (χ0) is 19.3. The third-order valence-corrected chi connectivity index (χ3v) is 8.28. The maximum atomic E-state index is 13.0. The summed E-state index contributed by atoms with van der Waals surface area (Å²) in [6, 6.07) is 5.46. The molecule has 3 aliphatic carbocycles. The average Bonchev–Trinajstić information content (AvgIpc) is 2.54. The molecule has 26 heavy (non-hydrogen) atoms. The van der Waals surface area contributed by atoms with Crippen LogP contribution >= 0.6 is 11.6 Å². The first-order valence-electron chi connectivity index (χ1n) is 8.70. The molecule has 7 heteroatoms. The Morgan fingerprint density at radius 3 is 2.42 bits per heavy atom. The number of hydrogen-bond donors (Lipinski definition) is 2. The summed E-state index contributed by atoms with van der Waals surface area (Å²) in [5.41, 5.74) is 0.257. The Morgan fingerprint density at radius 2 is 1.88 bits per heavy atom. The molecule has 0 heterocycles. The molecule has 0 saturated heterocycles. The van der Waals surface area contributed by atoms with E-state index in [0.29, 0.717) is 24.3 Å². The Labute approximate surface area is 159 Å². The number of aliphatic hydroxyl groups is 1. The van der Waals surface area contributed by atoms with Crippen LogP contribution in [0.3, 0.4) is 0 Å². The van der Waals surface area contributed by atoms with Crippen molar-refractivity contribution in [3.05, 3.63) is 40.9 Å². The molecule has 1 aromatic rings. The number of halogens is 1. The van der Waals surface area contributed by atoms with E-state index in [4.69, 9.17) is 11.6 Å². The minimum Gasteiger partial charge on any atom is -0.389 e. The number of amides is 1. The van der Waals surface area contributed by atoms with E-state index in [0.717, 1.165) is 5.57 Å². The number of benzene rings is 1. The van der Waals surface area contributed by atoms with Gasteiger partial charge in [0.1, 0.15) is 4.75 Å². The molecule has 3 aliphatic rings. The monoisotopic (exact) mass is 397 g/mol. The number of carbonyl (C=O) groups is 1. The lowest BCUT2D eigenvalue weighted by molar-refractivity contribution is -0.124. The van der Waals surface area contributed by atoms with Gasteiger partial charge >= 0.3 is 0 Å². The summed E-state index contributed by atoms with van der Waals surface area (Å²) in [5.74, 6) is -0.398. The van der Waals surface area contributed by atoms with Gasteiger partial charge in [-0.25, -0.2) is 8.42 Å². The molecule has 0 radical (unpaired) electrons. The van der Waals surface area contributed by atoms with Gasteiger partial charge < -0.3 is 10.4 Å². The van der Waals surface area contributed by atoms with E-state index >= 15 is 0 Å². The molecule has 142 valence electrons. The summed E-state index contributed by atoms with van der Waals surface area (Å²) in [7, 11) is -3.90. The van der Waals surface area contributed by atoms with Crippen LogP contribution in [0.15, 0.2) is 40.8 Å². The van der Waals surface area contributed by atoms with E-state index in [1.165, 1.54) is 38.1 Å². The van der Waals surface area contributed by atoms with Gasteiger partial charge in [-0.1, -0.05) is 24.6 Å². The molecule has 1 aromatic carbocycles. The van der Waals surface area contributed by atoms with Gasteiger partial charge in [0.05, 0.1) is 16.5 Å². The Kier molecular flexibility index (Phi) is 4.74. The predicted octanol–water partition coefficient (Wildman–Crippen LogP) is 2.87. The maximum absolute atomic E-state index is 13.0. The fourth-order valence-electron chi connectivity index (χ4n) is 3.93. The first-order chi connectivity index (χ1) is 12.0. The second-order valence-corrected chi connectivity index (χ2v) is 10.9. The topological polar surface area (TPSA) is 83.5 Å². The predicted molar refractivity (Wildman–Crippen MR) is 101 cm³/mol. The lowest BCUT2D eigenvalue weighted by Crippen LogP contribution is -2.57. The fraction of sp³-hybridized carbons (Fsp3) is 0.526. The van der Waals surface area contributed by atoms with Crippen molar-refractivity contribution in [2.75, 3.05) is 0 Å². The SMILES string of the molecule is C[C@@H]1C[C@]2(O)CC=C1C(NC(=O)C(C)(C)S(=O)(=O)c1ccc(Cl)cc1)C2. The molecule has 1 amide bonds. The number of rotatable bonds is 4. The van der Waals surface area contributed by atoms with Crippen molar-refractivity contribution in [1.29, 1.82) is 0 Å². The van der Waals surface area contributed by atoms with Crippen molar-refractivity contribution < 1.29 is 18.3 Å². The summed E-state index contributed by atoms with van der Waals surface area (Å²) in [4.78, 5) is 12.9. The normalized spacial score (nSPS) is 28.6. The molecule has 0 spiro atoms. The standard InChI is InChI=1S/C19H24ClNO4S/c1-12-10-19(23)9-8-15(12)16(11-19)21-17(22)18(2,3)26(24,25)14-6-4-13(20)5-7-14/h4-8,12,16,23H,9-11H2,1-3H3,(H,21,22)/t12-,16?,19-/m1/s1. The van der Waals surface area contributed by atoms with Gasteiger partial charge in [0, 0.05) is 11.4 Å². The summed E-state index contributed by atoms with van der Waals surface area (Å²) in [6.07, 6.45) is 3.67. The van der Waals surface area contributed by atoms with Crippen molar-refractivity contribution in [1.82, 2.24) is 5.32 Å². The van der Waals surface area contributed by atoms with Crippen LogP contribution in [0, 0.1) is 5.92 Å². The van der Waals surface area contributed by atoms with Gasteiger partial charge in [-0.05, 0) is 62.4 Å². The molecule has 1 unspecified atom stereocenters. The van der Waals surface area contributed by atoms with Crippen LogP contribution in [0.4, 0.5) is 0 Å². The van der Waals surface area contributed by atoms with Crippen LogP contribution in [0.1, 0.15) is 40.0 Å². The third kappa shape index (κ3) is 3.19. The van der Waals surface area contributed by atoms with Gasteiger partial charge in [0.2, 0.25) is 5.91 Å². The largest absolute Gasteiger partial charge is 0.389 e. The van der Waals surface area contributed by atoms with Gasteiger partial charge in [-0.2, -0.15) is 0 Å². The first-order valence-corrected chi connectivity index (χ1v) is 10.6. The van der Waals surface area contributed by atoms with Crippen molar-refractivity contribution in [3.8, 4) is 0 Å². The molecular formula is C19H24ClNO4S. The van der Waals surface area contributed by atoms with E-state index in [2.05, 4.69) is 5.32 Å². The van der Waals surface area contributed by atoms with Crippen LogP contribution in [-0.2, 0) is 14.6 Å². The smallest absolute Gasteiger partial charge is 0.241 e. The summed E-state index contributed by atoms with van der Waals surface area (Å²) in [5, 5.41) is 13.9. The molecule has 2 bridgehead atoms. The quantitative estimate of drug-likeness (QED) is 0.765. The summed E-state index contributed by atoms with van der Waals surface area (Å²) < 4.78 is 24.3. The van der Waals surface area contributed by atoms with Gasteiger partial charge in [0.15, 0.2) is 9.84 Å². The van der Waals surface area contributed by atoms with E-state index in [1.54, 1.807) is 0 Å². The van der Waals surface area contributed by atoms with Crippen molar-refractivity contribution in [2.24, 2.45) is 5.92 Å². The van der Waals surface area contributed by atoms with Crippen molar-refractivity contribution in [2.45, 2.75) is 61.3 Å². The number of fused-ring (bicyclic) bond motifs is 3. The third-order valence-electron chi connectivity index (χ3n) is 5.61. The number of nitrogens with one attached hydrogen (secondary N) is 1. The molecule has 3 atom stereocenters. The molecule has 0 aliphatic heterocycles. The minimum atomic E-state index is -3.90. The molecule has 0 aromatic heterocycles. The highest BCUT2D eigenvalue weighted by Crippen LogP contribution is 2.44. The second kappa shape index (κ2) is 6.36. The number of sulfone groups is 1. The summed E-state index contributed by atoms with van der Waals surface area (Å²) in [6.45, 7) is 4.82. The summed E-state index contributed by atoms with van der Waals surface area (Å²) >= 11 is 5.83. The van der Waals surface area contributed by atoms with Crippen LogP contribution in [0.2, 0.25) is 5.02 Å². The average molecular weight is 398 g/mol. The van der Waals surface area contributed by atoms with E-state index in [1.807, 2.05) is 13.0 Å². The lowest BCUT2D eigenvalue weighted by Gasteiger charge is -2.46. The molecular weight excluding hydrogens is 374 g/mol. The zero-order valence-electron chi connectivity index (χ0n) is 15.1. The zero-order valence-corrected chi connectivity index (χ0v) is 16.7. The van der Waals surface area contributed by atoms with Crippen LogP contribution in [-0.4, -0.2) is 35.8 Å². The van der Waals surface area contributed by atoms with Gasteiger partial charge in [-0.3, -0.25) is 4.79 Å². The Bertz CT molecular complexity index is 860. The van der Waals surface area contributed by atoms with E-state index in [9.17, 15) is 18.3 Å². The second-order valence-electron chi connectivity index (χ2n) is 7.94. The molecule has 1 fully saturated rings. The minimum absolute atomic E-state index is 0.0541. The Morgan fingerprint density at radius 1 is 1.27 bits per heavy atom. The van der Waals surface area contributed by atoms with E-state index in [-0.39, 0.29) is 16.9 Å². The highest BCUT2D eigenvalue weighted by Gasteiger charge is 2.48. The van der Waals surface area contributed by atoms with Gasteiger partial charge in [0.25, 0.3) is 0 Å². The molecule has 5 nitrogen and oxygen atoms in total. The Hall–Kier alpha value is -1.37. The van der Waals surface area contributed by atoms with Crippen LogP contribution in [0.5, 0.6) is 0 Å². The molecule has 4 rings (SSSR count). The Balaban J connectivity index is 1.84. The highest BCUT2D eigenvalue weighted by atomic mass is 35.5. The fourth-order valence-corrected chi connectivity index (χ4v) is 5.44. The highest BCUT2D eigenvalue weighted by molar-refractivity contribution is 7.93. The number of carbonyl (C=O) groups excluding carboxylic acids is 1. The van der Waals surface area contributed by atoms with Gasteiger partial charge in [-0.15, -0.1) is 0 Å². The van der Waals surface area contributed by atoms with Crippen LogP contribution in [0.25, 0.3) is 0 Å². The van der Waals surface area contributed by atoms with E-state index < -0.39 is 26.1 Å². The number of hydrogen-bond acceptors (Lipinski definition) is 4.